The van der Waals surface area contributed by atoms with Crippen molar-refractivity contribution in [1.82, 2.24) is 0 Å². The van der Waals surface area contributed by atoms with Gasteiger partial charge in [0, 0.05) is 10.2 Å². The molecule has 0 saturated heterocycles. The first-order valence-corrected chi connectivity index (χ1v) is 8.13. The molecule has 0 aliphatic carbocycles. The maximum Gasteiger partial charge on any atom is 0.265 e. The molecule has 0 aliphatic heterocycles. The number of hydrogen-bond donors (Lipinski definition) is 2. The highest BCUT2D eigenvalue weighted by Gasteiger charge is 2.12. The fraction of sp³-hybridized carbons (Fsp3) is 0.0769. The lowest BCUT2D eigenvalue weighted by molar-refractivity contribution is -0.119. The lowest BCUT2D eigenvalue weighted by atomic mass is 10.3. The quantitative estimate of drug-likeness (QED) is 0.758. The zero-order chi connectivity index (χ0) is 15.4. The van der Waals surface area contributed by atoms with Crippen LogP contribution in [0.4, 0.5) is 5.69 Å². The molecular formula is C13H10Br2N2O3S. The summed E-state index contributed by atoms with van der Waals surface area (Å²) in [6.07, 6.45) is 0. The Morgan fingerprint density at radius 1 is 1.24 bits per heavy atom. The van der Waals surface area contributed by atoms with Crippen LogP contribution in [0.5, 0.6) is 5.75 Å². The van der Waals surface area contributed by atoms with E-state index < -0.39 is 5.91 Å². The molecule has 2 rings (SSSR count). The highest BCUT2D eigenvalue weighted by atomic mass is 79.9. The molecule has 1 aromatic heterocycles. The van der Waals surface area contributed by atoms with Crippen LogP contribution in [0.15, 0.2) is 38.6 Å². The standard InChI is InChI=1S/C13H10Br2N2O3S/c14-9-5-10(21-12(9)15)13(19)17-7-1-3-8(4-2-7)20-6-11(16)18/h1-5H,6H2,(H2,16,18)(H,17,19). The number of nitrogens with two attached hydrogens (primary N) is 1. The van der Waals surface area contributed by atoms with Crippen LogP contribution < -0.4 is 15.8 Å². The van der Waals surface area contributed by atoms with Crippen LogP contribution in [0.2, 0.25) is 0 Å². The molecule has 0 radical (unpaired) electrons. The molecule has 0 unspecified atom stereocenters. The van der Waals surface area contributed by atoms with Gasteiger partial charge in [-0.25, -0.2) is 0 Å². The minimum atomic E-state index is -0.541. The Balaban J connectivity index is 1.99. The van der Waals surface area contributed by atoms with Gasteiger partial charge in [0.2, 0.25) is 0 Å². The number of rotatable bonds is 5. The third-order valence-electron chi connectivity index (χ3n) is 2.36. The number of nitrogens with one attached hydrogen (secondary N) is 1. The first-order valence-electron chi connectivity index (χ1n) is 5.73. The number of ether oxygens (including phenoxy) is 1. The van der Waals surface area contributed by atoms with Crippen molar-refractivity contribution in [3.8, 4) is 5.75 Å². The van der Waals surface area contributed by atoms with Crippen molar-refractivity contribution in [3.05, 3.63) is 43.5 Å². The second-order valence-corrected chi connectivity index (χ2v) is 7.19. The Morgan fingerprint density at radius 2 is 1.90 bits per heavy atom. The highest BCUT2D eigenvalue weighted by Crippen LogP contribution is 2.32. The van der Waals surface area contributed by atoms with Crippen molar-refractivity contribution >= 4 is 60.7 Å². The Labute approximate surface area is 141 Å². The number of thiophene rings is 1. The van der Waals surface area contributed by atoms with E-state index in [0.29, 0.717) is 16.3 Å². The van der Waals surface area contributed by atoms with E-state index in [4.69, 9.17) is 10.5 Å². The maximum atomic E-state index is 12.0. The molecule has 1 heterocycles. The average Bonchev–Trinajstić information content (AvgIpc) is 2.78. The van der Waals surface area contributed by atoms with Gasteiger partial charge in [0.1, 0.15) is 5.75 Å². The SMILES string of the molecule is NC(=O)COc1ccc(NC(=O)c2cc(Br)c(Br)s2)cc1. The van der Waals surface area contributed by atoms with E-state index in [-0.39, 0.29) is 12.5 Å². The second-order valence-electron chi connectivity index (χ2n) is 3.97. The molecule has 2 amide bonds. The van der Waals surface area contributed by atoms with Crippen LogP contribution in [-0.2, 0) is 4.79 Å². The number of halogens is 2. The molecule has 0 bridgehead atoms. The molecule has 5 nitrogen and oxygen atoms in total. The van der Waals surface area contributed by atoms with Gasteiger partial charge in [0.05, 0.1) is 8.66 Å². The molecule has 0 spiro atoms. The molecule has 1 aromatic carbocycles. The zero-order valence-corrected chi connectivity index (χ0v) is 14.5. The molecule has 0 fully saturated rings. The number of benzene rings is 1. The molecule has 0 atom stereocenters. The molecule has 2 aromatic rings. The Morgan fingerprint density at radius 3 is 2.43 bits per heavy atom. The van der Waals surface area contributed by atoms with E-state index in [2.05, 4.69) is 37.2 Å². The average molecular weight is 434 g/mol. The summed E-state index contributed by atoms with van der Waals surface area (Å²) < 4.78 is 6.84. The topological polar surface area (TPSA) is 81.4 Å². The minimum absolute atomic E-state index is 0.178. The summed E-state index contributed by atoms with van der Waals surface area (Å²) in [5.41, 5.74) is 5.62. The van der Waals surface area contributed by atoms with Gasteiger partial charge in [-0.1, -0.05) is 0 Å². The maximum absolute atomic E-state index is 12.0. The van der Waals surface area contributed by atoms with Crippen LogP contribution in [0.25, 0.3) is 0 Å². The smallest absolute Gasteiger partial charge is 0.265 e. The van der Waals surface area contributed by atoms with E-state index in [9.17, 15) is 9.59 Å². The van der Waals surface area contributed by atoms with E-state index in [1.807, 2.05) is 0 Å². The Bertz CT molecular complexity index is 651. The first-order chi connectivity index (χ1) is 9.95. The van der Waals surface area contributed by atoms with Gasteiger partial charge < -0.3 is 15.8 Å². The number of anilines is 1. The van der Waals surface area contributed by atoms with E-state index in [1.165, 1.54) is 11.3 Å². The van der Waals surface area contributed by atoms with Gasteiger partial charge in [-0.05, 0) is 62.2 Å². The van der Waals surface area contributed by atoms with Gasteiger partial charge >= 0.3 is 0 Å². The van der Waals surface area contributed by atoms with Crippen LogP contribution in [0.3, 0.4) is 0 Å². The molecular weight excluding hydrogens is 424 g/mol. The zero-order valence-electron chi connectivity index (χ0n) is 10.6. The summed E-state index contributed by atoms with van der Waals surface area (Å²) in [4.78, 5) is 23.2. The second kappa shape index (κ2) is 7.06. The minimum Gasteiger partial charge on any atom is -0.484 e. The summed E-state index contributed by atoms with van der Waals surface area (Å²) in [6.45, 7) is -0.178. The summed E-state index contributed by atoms with van der Waals surface area (Å²) in [5.74, 6) is -0.230. The van der Waals surface area contributed by atoms with E-state index >= 15 is 0 Å². The fourth-order valence-electron chi connectivity index (χ4n) is 1.44. The van der Waals surface area contributed by atoms with Crippen molar-refractivity contribution in [2.24, 2.45) is 5.73 Å². The largest absolute Gasteiger partial charge is 0.484 e. The lowest BCUT2D eigenvalue weighted by Crippen LogP contribution is -2.20. The summed E-state index contributed by atoms with van der Waals surface area (Å²) >= 11 is 8.02. The summed E-state index contributed by atoms with van der Waals surface area (Å²) in [5, 5.41) is 2.77. The highest BCUT2D eigenvalue weighted by molar-refractivity contribution is 9.13. The third-order valence-corrected chi connectivity index (χ3v) is 5.62. The van der Waals surface area contributed by atoms with Gasteiger partial charge in [-0.15, -0.1) is 11.3 Å². The van der Waals surface area contributed by atoms with Gasteiger partial charge in [0.25, 0.3) is 11.8 Å². The number of hydrogen-bond acceptors (Lipinski definition) is 4. The number of primary amides is 1. The van der Waals surface area contributed by atoms with Gasteiger partial charge in [-0.2, -0.15) is 0 Å². The first kappa shape index (κ1) is 16.0. The van der Waals surface area contributed by atoms with Gasteiger partial charge in [-0.3, -0.25) is 9.59 Å². The molecule has 110 valence electrons. The lowest BCUT2D eigenvalue weighted by Gasteiger charge is -2.06. The van der Waals surface area contributed by atoms with E-state index in [0.717, 1.165) is 8.26 Å². The Hall–Kier alpha value is -1.38. The molecule has 0 aliphatic rings. The summed E-state index contributed by atoms with van der Waals surface area (Å²) in [7, 11) is 0. The molecule has 0 saturated carbocycles. The van der Waals surface area contributed by atoms with Gasteiger partial charge in [0.15, 0.2) is 6.61 Å². The van der Waals surface area contributed by atoms with Crippen molar-refractivity contribution in [3.63, 3.8) is 0 Å². The van der Waals surface area contributed by atoms with Crippen LogP contribution in [0.1, 0.15) is 9.67 Å². The number of amides is 2. The van der Waals surface area contributed by atoms with Crippen molar-refractivity contribution < 1.29 is 14.3 Å². The van der Waals surface area contributed by atoms with Crippen LogP contribution >= 0.6 is 43.2 Å². The van der Waals surface area contributed by atoms with Crippen LogP contribution in [-0.4, -0.2) is 18.4 Å². The third kappa shape index (κ3) is 4.55. The Kier molecular flexibility index (Phi) is 5.38. The normalized spacial score (nSPS) is 10.2. The molecule has 21 heavy (non-hydrogen) atoms. The monoisotopic (exact) mass is 432 g/mol. The molecule has 8 heteroatoms. The predicted octanol–water partition coefficient (Wildman–Crippen LogP) is 3.39. The number of carbonyl (C=O) groups excluding carboxylic acids is 2. The predicted molar refractivity (Wildman–Crippen MR) is 88.8 cm³/mol. The van der Waals surface area contributed by atoms with Crippen molar-refractivity contribution in [2.75, 3.05) is 11.9 Å². The van der Waals surface area contributed by atoms with E-state index in [1.54, 1.807) is 30.3 Å². The van der Waals surface area contributed by atoms with Crippen LogP contribution in [0, 0.1) is 0 Å². The fourth-order valence-corrected chi connectivity index (χ4v) is 3.37. The van der Waals surface area contributed by atoms with Crippen molar-refractivity contribution in [1.29, 1.82) is 0 Å². The summed E-state index contributed by atoms with van der Waals surface area (Å²) in [6, 6.07) is 8.42. The molecule has 3 N–H and O–H groups in total. The van der Waals surface area contributed by atoms with Crippen molar-refractivity contribution in [2.45, 2.75) is 0 Å². The number of carbonyl (C=O) groups is 2.